The van der Waals surface area contributed by atoms with Crippen molar-refractivity contribution < 1.29 is 4.79 Å². The average molecular weight is 319 g/mol. The van der Waals surface area contributed by atoms with Crippen LogP contribution in [0, 0.1) is 13.8 Å². The lowest BCUT2D eigenvalue weighted by molar-refractivity contribution is 0.0992. The minimum absolute atomic E-state index is 0.0687. The number of amides is 1. The molecule has 0 N–H and O–H groups in total. The van der Waals surface area contributed by atoms with Gasteiger partial charge in [0.05, 0.1) is 5.56 Å². The second kappa shape index (κ2) is 5.53. The maximum Gasteiger partial charge on any atom is 0.259 e. The van der Waals surface area contributed by atoms with Gasteiger partial charge < -0.3 is 4.90 Å². The Kier molecular flexibility index (Phi) is 4.00. The summed E-state index contributed by atoms with van der Waals surface area (Å²) in [4.78, 5) is 18.1. The summed E-state index contributed by atoms with van der Waals surface area (Å²) in [7, 11) is 1.78. The summed E-state index contributed by atoms with van der Waals surface area (Å²) in [5.41, 5.74) is 3.75. The van der Waals surface area contributed by atoms with Crippen LogP contribution in [0.2, 0.25) is 0 Å². The van der Waals surface area contributed by atoms with Crippen molar-refractivity contribution in [3.8, 4) is 0 Å². The highest BCUT2D eigenvalue weighted by atomic mass is 79.9. The third kappa shape index (κ3) is 3.01. The van der Waals surface area contributed by atoms with Gasteiger partial charge in [-0.1, -0.05) is 17.7 Å². The van der Waals surface area contributed by atoms with Crippen LogP contribution in [0.5, 0.6) is 0 Å². The van der Waals surface area contributed by atoms with E-state index in [1.165, 1.54) is 5.56 Å². The van der Waals surface area contributed by atoms with Crippen molar-refractivity contribution in [3.63, 3.8) is 0 Å². The van der Waals surface area contributed by atoms with Crippen LogP contribution in [0.15, 0.2) is 41.1 Å². The zero-order valence-corrected chi connectivity index (χ0v) is 12.7. The molecule has 0 bridgehead atoms. The molecule has 1 aromatic heterocycles. The number of hydrogen-bond acceptors (Lipinski definition) is 2. The molecule has 0 saturated heterocycles. The first-order valence-corrected chi connectivity index (χ1v) is 6.74. The molecule has 3 nitrogen and oxygen atoms in total. The maximum absolute atomic E-state index is 12.4. The van der Waals surface area contributed by atoms with Crippen LogP contribution >= 0.6 is 15.9 Å². The molecule has 0 fully saturated rings. The number of aromatic nitrogens is 1. The van der Waals surface area contributed by atoms with Crippen LogP contribution in [0.3, 0.4) is 0 Å². The summed E-state index contributed by atoms with van der Waals surface area (Å²) in [6, 6.07) is 7.81. The van der Waals surface area contributed by atoms with Crippen LogP contribution in [0.4, 0.5) is 5.69 Å². The molecule has 2 rings (SSSR count). The summed E-state index contributed by atoms with van der Waals surface area (Å²) in [5.74, 6) is -0.0687. The topological polar surface area (TPSA) is 33.2 Å². The Balaban J connectivity index is 2.33. The van der Waals surface area contributed by atoms with E-state index >= 15 is 0 Å². The van der Waals surface area contributed by atoms with E-state index in [9.17, 15) is 4.79 Å². The third-order valence-corrected chi connectivity index (χ3v) is 3.40. The van der Waals surface area contributed by atoms with Crippen molar-refractivity contribution >= 4 is 27.5 Å². The van der Waals surface area contributed by atoms with Crippen molar-refractivity contribution in [2.24, 2.45) is 0 Å². The lowest BCUT2D eigenvalue weighted by atomic mass is 10.1. The lowest BCUT2D eigenvalue weighted by Gasteiger charge is -2.20. The van der Waals surface area contributed by atoms with Gasteiger partial charge in [0.1, 0.15) is 0 Å². The molecule has 0 aliphatic rings. The summed E-state index contributed by atoms with van der Waals surface area (Å²) in [5, 5.41) is 0. The normalized spacial score (nSPS) is 10.3. The number of anilines is 1. The van der Waals surface area contributed by atoms with Gasteiger partial charge >= 0.3 is 0 Å². The number of halogens is 1. The number of nitrogens with zero attached hydrogens (tertiary/aromatic N) is 2. The zero-order valence-electron chi connectivity index (χ0n) is 11.1. The van der Waals surface area contributed by atoms with Crippen molar-refractivity contribution in [2.45, 2.75) is 13.8 Å². The molecule has 98 valence electrons. The molecule has 0 atom stereocenters. The number of hydrogen-bond donors (Lipinski definition) is 0. The number of aryl methyl sites for hydroxylation is 2. The highest BCUT2D eigenvalue weighted by Gasteiger charge is 2.15. The van der Waals surface area contributed by atoms with Gasteiger partial charge in [-0.15, -0.1) is 0 Å². The predicted octanol–water partition coefficient (Wildman–Crippen LogP) is 3.74. The van der Waals surface area contributed by atoms with Crippen LogP contribution in [0.25, 0.3) is 0 Å². The molecule has 0 radical (unpaired) electrons. The number of pyridine rings is 1. The largest absolute Gasteiger partial charge is 0.311 e. The second-order valence-electron chi connectivity index (χ2n) is 4.55. The molecule has 0 aliphatic heterocycles. The Hall–Kier alpha value is -1.68. The molecule has 19 heavy (non-hydrogen) atoms. The first-order chi connectivity index (χ1) is 8.99. The Bertz CT molecular complexity index is 625. The molecule has 1 heterocycles. The van der Waals surface area contributed by atoms with Gasteiger partial charge in [-0.05, 0) is 47.5 Å². The third-order valence-electron chi connectivity index (χ3n) is 2.97. The Labute approximate surface area is 121 Å². The maximum atomic E-state index is 12.4. The minimum Gasteiger partial charge on any atom is -0.311 e. The lowest BCUT2D eigenvalue weighted by Crippen LogP contribution is -2.27. The van der Waals surface area contributed by atoms with Gasteiger partial charge in [-0.2, -0.15) is 0 Å². The SMILES string of the molecule is Cc1ccc(N(C)C(=O)c2cncc(Br)c2)c(C)c1. The predicted molar refractivity (Wildman–Crippen MR) is 80.6 cm³/mol. The fraction of sp³-hybridized carbons (Fsp3) is 0.200. The fourth-order valence-corrected chi connectivity index (χ4v) is 2.38. The summed E-state index contributed by atoms with van der Waals surface area (Å²) in [6.45, 7) is 4.04. The molecule has 2 aromatic rings. The molecule has 1 aromatic carbocycles. The Morgan fingerprint density at radius 2 is 1.95 bits per heavy atom. The summed E-state index contributed by atoms with van der Waals surface area (Å²) < 4.78 is 0.798. The molecule has 4 heteroatoms. The Morgan fingerprint density at radius 1 is 1.21 bits per heavy atom. The van der Waals surface area contributed by atoms with Crippen molar-refractivity contribution in [2.75, 3.05) is 11.9 Å². The average Bonchev–Trinajstić information content (AvgIpc) is 2.37. The monoisotopic (exact) mass is 318 g/mol. The second-order valence-corrected chi connectivity index (χ2v) is 5.46. The molecule has 0 saturated carbocycles. The van der Waals surface area contributed by atoms with Crippen LogP contribution in [0.1, 0.15) is 21.5 Å². The van der Waals surface area contributed by atoms with E-state index < -0.39 is 0 Å². The van der Waals surface area contributed by atoms with Crippen LogP contribution in [-0.4, -0.2) is 17.9 Å². The number of benzene rings is 1. The standard InChI is InChI=1S/C15H15BrN2O/c1-10-4-5-14(11(2)6-10)18(3)15(19)12-7-13(16)9-17-8-12/h4-9H,1-3H3. The van der Waals surface area contributed by atoms with E-state index in [1.54, 1.807) is 30.4 Å². The molecule has 0 unspecified atom stereocenters. The van der Waals surface area contributed by atoms with E-state index in [0.717, 1.165) is 15.7 Å². The van der Waals surface area contributed by atoms with Gasteiger partial charge in [0.25, 0.3) is 5.91 Å². The first kappa shape index (κ1) is 13.7. The number of carbonyl (C=O) groups is 1. The first-order valence-electron chi connectivity index (χ1n) is 5.95. The molecular weight excluding hydrogens is 304 g/mol. The number of rotatable bonds is 2. The summed E-state index contributed by atoms with van der Waals surface area (Å²) >= 11 is 3.33. The van der Waals surface area contributed by atoms with E-state index in [2.05, 4.69) is 27.0 Å². The van der Waals surface area contributed by atoms with Crippen molar-refractivity contribution in [3.05, 3.63) is 57.8 Å². The van der Waals surface area contributed by atoms with E-state index in [4.69, 9.17) is 0 Å². The highest BCUT2D eigenvalue weighted by molar-refractivity contribution is 9.10. The van der Waals surface area contributed by atoms with Crippen LogP contribution < -0.4 is 4.90 Å². The molecular formula is C15H15BrN2O. The van der Waals surface area contributed by atoms with Crippen molar-refractivity contribution in [1.82, 2.24) is 4.98 Å². The van der Waals surface area contributed by atoms with Crippen molar-refractivity contribution in [1.29, 1.82) is 0 Å². The van der Waals surface area contributed by atoms with Gasteiger partial charge in [0.2, 0.25) is 0 Å². The fourth-order valence-electron chi connectivity index (χ4n) is 2.01. The number of carbonyl (C=O) groups excluding carboxylic acids is 1. The van der Waals surface area contributed by atoms with Gasteiger partial charge in [0.15, 0.2) is 0 Å². The summed E-state index contributed by atoms with van der Waals surface area (Å²) in [6.07, 6.45) is 3.24. The molecule has 0 aliphatic carbocycles. The zero-order chi connectivity index (χ0) is 14.0. The smallest absolute Gasteiger partial charge is 0.259 e. The van der Waals surface area contributed by atoms with Gasteiger partial charge in [-0.3, -0.25) is 9.78 Å². The van der Waals surface area contributed by atoms with E-state index in [-0.39, 0.29) is 5.91 Å². The van der Waals surface area contributed by atoms with E-state index in [0.29, 0.717) is 5.56 Å². The Morgan fingerprint density at radius 3 is 2.58 bits per heavy atom. The van der Waals surface area contributed by atoms with Gasteiger partial charge in [0, 0.05) is 29.6 Å². The minimum atomic E-state index is -0.0687. The molecule has 1 amide bonds. The van der Waals surface area contributed by atoms with E-state index in [1.807, 2.05) is 26.0 Å². The highest BCUT2D eigenvalue weighted by Crippen LogP contribution is 2.22. The van der Waals surface area contributed by atoms with Crippen LogP contribution in [-0.2, 0) is 0 Å². The quantitative estimate of drug-likeness (QED) is 0.845. The van der Waals surface area contributed by atoms with Gasteiger partial charge in [-0.25, -0.2) is 0 Å². The molecule has 0 spiro atoms.